The van der Waals surface area contributed by atoms with E-state index in [9.17, 15) is 9.59 Å². The summed E-state index contributed by atoms with van der Waals surface area (Å²) < 4.78 is 1.31. The molecular weight excluding hydrogens is 362 g/mol. The Morgan fingerprint density at radius 2 is 1.90 bits per heavy atom. The minimum Gasteiger partial charge on any atom is -0.338 e. The van der Waals surface area contributed by atoms with Gasteiger partial charge in [0.1, 0.15) is 0 Å². The molecule has 1 amide bonds. The molecule has 0 spiro atoms. The highest BCUT2D eigenvalue weighted by Crippen LogP contribution is 2.28. The van der Waals surface area contributed by atoms with Crippen LogP contribution in [-0.4, -0.2) is 33.7 Å². The van der Waals surface area contributed by atoms with Crippen molar-refractivity contribution in [2.45, 2.75) is 25.7 Å². The summed E-state index contributed by atoms with van der Waals surface area (Å²) in [5.74, 6) is 0.426. The maximum Gasteiger partial charge on any atom is 0.266 e. The summed E-state index contributed by atoms with van der Waals surface area (Å²) in [6, 6.07) is 19.3. The standard InChI is InChI=1S/C24H25N3O2/c1-17-6-3-7-18(14-17)21-10-5-13-27(16-21)24(29)20-9-4-8-19(15-20)22-11-12-23(28)26(2)25-22/h3-4,6-9,11-12,14-15,21H,5,10,13,16H2,1-2H3. The lowest BCUT2D eigenvalue weighted by molar-refractivity contribution is 0.0707. The summed E-state index contributed by atoms with van der Waals surface area (Å²) in [6.07, 6.45) is 2.11. The van der Waals surface area contributed by atoms with Crippen LogP contribution in [0, 0.1) is 6.92 Å². The lowest BCUT2D eigenvalue weighted by Crippen LogP contribution is -2.39. The van der Waals surface area contributed by atoms with Crippen LogP contribution < -0.4 is 5.56 Å². The van der Waals surface area contributed by atoms with E-state index in [0.29, 0.717) is 17.2 Å². The van der Waals surface area contributed by atoms with Gasteiger partial charge >= 0.3 is 0 Å². The Labute approximate surface area is 170 Å². The quantitative estimate of drug-likeness (QED) is 0.687. The van der Waals surface area contributed by atoms with E-state index in [1.807, 2.05) is 29.2 Å². The predicted molar refractivity (Wildman–Crippen MR) is 114 cm³/mol. The van der Waals surface area contributed by atoms with E-state index in [-0.39, 0.29) is 11.5 Å². The molecule has 2 aromatic carbocycles. The van der Waals surface area contributed by atoms with Gasteiger partial charge in [0.15, 0.2) is 0 Å². The Morgan fingerprint density at radius 1 is 1.07 bits per heavy atom. The van der Waals surface area contributed by atoms with Crippen molar-refractivity contribution in [3.63, 3.8) is 0 Å². The first-order valence-corrected chi connectivity index (χ1v) is 10.0. The number of carbonyl (C=O) groups is 1. The average molecular weight is 387 g/mol. The molecule has 1 unspecified atom stereocenters. The van der Waals surface area contributed by atoms with E-state index < -0.39 is 0 Å². The van der Waals surface area contributed by atoms with Crippen LogP contribution in [0.4, 0.5) is 0 Å². The topological polar surface area (TPSA) is 55.2 Å². The Hall–Kier alpha value is -3.21. The highest BCUT2D eigenvalue weighted by molar-refractivity contribution is 5.95. The molecule has 1 aliphatic rings. The number of aryl methyl sites for hydroxylation is 2. The molecule has 1 fully saturated rings. The third-order valence-electron chi connectivity index (χ3n) is 5.59. The second kappa shape index (κ2) is 8.03. The molecule has 1 atom stereocenters. The van der Waals surface area contributed by atoms with E-state index in [2.05, 4.69) is 36.3 Å². The van der Waals surface area contributed by atoms with Gasteiger partial charge in [0.05, 0.1) is 5.69 Å². The number of rotatable bonds is 3. The van der Waals surface area contributed by atoms with Gasteiger partial charge < -0.3 is 4.90 Å². The summed E-state index contributed by atoms with van der Waals surface area (Å²) in [5.41, 5.74) is 4.57. The smallest absolute Gasteiger partial charge is 0.266 e. The number of hydrogen-bond donors (Lipinski definition) is 0. The summed E-state index contributed by atoms with van der Waals surface area (Å²) in [6.45, 7) is 3.63. The van der Waals surface area contributed by atoms with Crippen LogP contribution in [0.15, 0.2) is 65.5 Å². The van der Waals surface area contributed by atoms with Crippen molar-refractivity contribution in [3.05, 3.63) is 87.7 Å². The Kier molecular flexibility index (Phi) is 5.30. The lowest BCUT2D eigenvalue weighted by Gasteiger charge is -2.33. The van der Waals surface area contributed by atoms with Gasteiger partial charge in [-0.3, -0.25) is 9.59 Å². The third-order valence-corrected chi connectivity index (χ3v) is 5.59. The van der Waals surface area contributed by atoms with Crippen molar-refractivity contribution in [1.29, 1.82) is 0 Å². The monoisotopic (exact) mass is 387 g/mol. The van der Waals surface area contributed by atoms with Gasteiger partial charge in [0, 0.05) is 43.2 Å². The van der Waals surface area contributed by atoms with Crippen molar-refractivity contribution >= 4 is 5.91 Å². The second-order valence-corrected chi connectivity index (χ2v) is 7.77. The van der Waals surface area contributed by atoms with E-state index >= 15 is 0 Å². The number of piperidine rings is 1. The molecule has 29 heavy (non-hydrogen) atoms. The second-order valence-electron chi connectivity index (χ2n) is 7.77. The number of amides is 1. The van der Waals surface area contributed by atoms with Crippen molar-refractivity contribution in [1.82, 2.24) is 14.7 Å². The number of benzene rings is 2. The molecule has 2 heterocycles. The fourth-order valence-electron chi connectivity index (χ4n) is 4.01. The molecule has 0 saturated carbocycles. The first-order valence-electron chi connectivity index (χ1n) is 10.0. The molecule has 0 radical (unpaired) electrons. The molecule has 5 heteroatoms. The minimum absolute atomic E-state index is 0.0500. The fraction of sp³-hybridized carbons (Fsp3) is 0.292. The first-order chi connectivity index (χ1) is 14.0. The van der Waals surface area contributed by atoms with Gasteiger partial charge in [-0.05, 0) is 43.5 Å². The zero-order valence-corrected chi connectivity index (χ0v) is 16.8. The lowest BCUT2D eigenvalue weighted by atomic mass is 9.89. The van der Waals surface area contributed by atoms with E-state index in [1.54, 1.807) is 13.1 Å². The fourth-order valence-corrected chi connectivity index (χ4v) is 4.01. The molecule has 0 bridgehead atoms. The normalized spacial score (nSPS) is 16.6. The summed E-state index contributed by atoms with van der Waals surface area (Å²) in [4.78, 5) is 26.8. The minimum atomic E-state index is -0.156. The molecule has 5 nitrogen and oxygen atoms in total. The van der Waals surface area contributed by atoms with Crippen molar-refractivity contribution in [3.8, 4) is 11.3 Å². The van der Waals surface area contributed by atoms with Crippen LogP contribution in [-0.2, 0) is 7.05 Å². The van der Waals surface area contributed by atoms with Gasteiger partial charge in [-0.25, -0.2) is 4.68 Å². The Morgan fingerprint density at radius 3 is 2.69 bits per heavy atom. The van der Waals surface area contributed by atoms with E-state index in [1.165, 1.54) is 21.9 Å². The number of nitrogens with zero attached hydrogens (tertiary/aromatic N) is 3. The summed E-state index contributed by atoms with van der Waals surface area (Å²) in [7, 11) is 1.63. The van der Waals surface area contributed by atoms with Gasteiger partial charge in [-0.15, -0.1) is 0 Å². The number of hydrogen-bond acceptors (Lipinski definition) is 3. The number of aromatic nitrogens is 2. The van der Waals surface area contributed by atoms with E-state index in [0.717, 1.165) is 31.5 Å². The zero-order chi connectivity index (χ0) is 20.4. The predicted octanol–water partition coefficient (Wildman–Crippen LogP) is 3.78. The summed E-state index contributed by atoms with van der Waals surface area (Å²) in [5, 5.41) is 4.30. The van der Waals surface area contributed by atoms with Crippen LogP contribution in [0.2, 0.25) is 0 Å². The maximum absolute atomic E-state index is 13.2. The molecule has 1 saturated heterocycles. The SMILES string of the molecule is Cc1cccc(C2CCCN(C(=O)c3cccc(-c4ccc(=O)n(C)n4)c3)C2)c1. The first kappa shape index (κ1) is 19.1. The largest absolute Gasteiger partial charge is 0.338 e. The highest BCUT2D eigenvalue weighted by atomic mass is 16.2. The van der Waals surface area contributed by atoms with Crippen LogP contribution in [0.5, 0.6) is 0 Å². The van der Waals surface area contributed by atoms with Crippen molar-refractivity contribution < 1.29 is 4.79 Å². The molecule has 1 aliphatic heterocycles. The van der Waals surface area contributed by atoms with Crippen LogP contribution in [0.25, 0.3) is 11.3 Å². The molecule has 0 N–H and O–H groups in total. The number of carbonyl (C=O) groups excluding carboxylic acids is 1. The van der Waals surface area contributed by atoms with Gasteiger partial charge in [0.2, 0.25) is 0 Å². The van der Waals surface area contributed by atoms with Gasteiger partial charge in [0.25, 0.3) is 11.5 Å². The van der Waals surface area contributed by atoms with Gasteiger partial charge in [-0.1, -0.05) is 42.0 Å². The van der Waals surface area contributed by atoms with Crippen molar-refractivity contribution in [2.24, 2.45) is 7.05 Å². The Bertz CT molecular complexity index is 1100. The molecule has 1 aromatic heterocycles. The van der Waals surface area contributed by atoms with E-state index in [4.69, 9.17) is 0 Å². The zero-order valence-electron chi connectivity index (χ0n) is 16.8. The molecule has 0 aliphatic carbocycles. The average Bonchev–Trinajstić information content (AvgIpc) is 2.75. The van der Waals surface area contributed by atoms with Crippen LogP contribution in [0.3, 0.4) is 0 Å². The summed E-state index contributed by atoms with van der Waals surface area (Å²) >= 11 is 0. The van der Waals surface area contributed by atoms with Crippen LogP contribution >= 0.6 is 0 Å². The van der Waals surface area contributed by atoms with Gasteiger partial charge in [-0.2, -0.15) is 5.10 Å². The Balaban J connectivity index is 1.56. The maximum atomic E-state index is 13.2. The highest BCUT2D eigenvalue weighted by Gasteiger charge is 2.25. The molecular formula is C24H25N3O2. The van der Waals surface area contributed by atoms with Crippen molar-refractivity contribution in [2.75, 3.05) is 13.1 Å². The molecule has 4 rings (SSSR count). The van der Waals surface area contributed by atoms with Crippen LogP contribution in [0.1, 0.15) is 40.2 Å². The molecule has 148 valence electrons. The third kappa shape index (κ3) is 4.14. The number of likely N-dealkylation sites (tertiary alicyclic amines) is 1. The molecule has 3 aromatic rings.